The number of alkyl halides is 3. The number of carbonyl (C=O) groups excluding carboxylic acids is 1. The molecule has 0 aliphatic carbocycles. The fourth-order valence-corrected chi connectivity index (χ4v) is 3.86. The summed E-state index contributed by atoms with van der Waals surface area (Å²) in [5.41, 5.74) is -0.727. The van der Waals surface area contributed by atoms with Crippen LogP contribution in [-0.2, 0) is 29.2 Å². The number of carbonyl (C=O) groups is 1. The molecule has 1 aromatic heterocycles. The Morgan fingerprint density at radius 1 is 1.06 bits per heavy atom. The third-order valence-corrected chi connectivity index (χ3v) is 5.86. The van der Waals surface area contributed by atoms with Crippen molar-refractivity contribution in [2.45, 2.75) is 25.4 Å². The molecule has 6 nitrogen and oxygen atoms in total. The number of nitrogens with one attached hydrogen (secondary N) is 1. The summed E-state index contributed by atoms with van der Waals surface area (Å²) >= 11 is 6.18. The molecule has 0 aliphatic heterocycles. The van der Waals surface area contributed by atoms with E-state index in [1.54, 1.807) is 24.3 Å². The van der Waals surface area contributed by atoms with Gasteiger partial charge in [-0.3, -0.25) is 14.2 Å². The Kier molecular flexibility index (Phi) is 7.28. The van der Waals surface area contributed by atoms with Gasteiger partial charge in [0.05, 0.1) is 16.3 Å². The van der Waals surface area contributed by atoms with Gasteiger partial charge in [-0.05, 0) is 42.3 Å². The lowest BCUT2D eigenvalue weighted by Gasteiger charge is -2.15. The van der Waals surface area contributed by atoms with Crippen molar-refractivity contribution in [2.24, 2.45) is 0 Å². The molecule has 0 aliphatic rings. The molecule has 2 aromatic carbocycles. The standard InChI is InChI=1S/C22H18ClF3N2O4S/c1-13-19(23)10-18(20(29)27-11-14-5-7-15(8-6-14)12-33(31)32)21(30)28(13)17-4-2-3-16(9-17)22(24,25)26/h2-10,33H,11-12H2,1H3,(H,27,29). The monoisotopic (exact) mass is 498 g/mol. The molecule has 1 amide bonds. The van der Waals surface area contributed by atoms with E-state index in [1.807, 2.05) is 0 Å². The van der Waals surface area contributed by atoms with Crippen LogP contribution in [0.4, 0.5) is 13.2 Å². The van der Waals surface area contributed by atoms with Gasteiger partial charge in [0.15, 0.2) is 0 Å². The van der Waals surface area contributed by atoms with Crippen molar-refractivity contribution in [1.29, 1.82) is 0 Å². The van der Waals surface area contributed by atoms with E-state index in [4.69, 9.17) is 11.6 Å². The van der Waals surface area contributed by atoms with Crippen LogP contribution >= 0.6 is 11.6 Å². The van der Waals surface area contributed by atoms with Crippen LogP contribution in [0.2, 0.25) is 5.02 Å². The number of rotatable bonds is 6. The molecule has 1 heterocycles. The minimum Gasteiger partial charge on any atom is -0.348 e. The van der Waals surface area contributed by atoms with Gasteiger partial charge in [-0.25, -0.2) is 8.42 Å². The van der Waals surface area contributed by atoms with Crippen LogP contribution in [0, 0.1) is 6.92 Å². The molecular weight excluding hydrogens is 481 g/mol. The fraction of sp³-hybridized carbons (Fsp3) is 0.182. The molecule has 1 N–H and O–H groups in total. The second kappa shape index (κ2) is 9.80. The van der Waals surface area contributed by atoms with Crippen LogP contribution in [-0.4, -0.2) is 18.9 Å². The molecule has 33 heavy (non-hydrogen) atoms. The van der Waals surface area contributed by atoms with Crippen molar-refractivity contribution >= 4 is 28.2 Å². The van der Waals surface area contributed by atoms with Crippen LogP contribution in [0.25, 0.3) is 5.69 Å². The van der Waals surface area contributed by atoms with Crippen molar-refractivity contribution in [3.05, 3.63) is 97.9 Å². The second-order valence-electron chi connectivity index (χ2n) is 7.17. The molecule has 3 rings (SSSR count). The first-order chi connectivity index (χ1) is 15.5. The van der Waals surface area contributed by atoms with Crippen molar-refractivity contribution in [3.8, 4) is 5.69 Å². The predicted octanol–water partition coefficient (Wildman–Crippen LogP) is 3.86. The van der Waals surface area contributed by atoms with Crippen molar-refractivity contribution in [2.75, 3.05) is 0 Å². The minimum absolute atomic E-state index is 0.0354. The van der Waals surface area contributed by atoms with Gasteiger partial charge in [0, 0.05) is 17.9 Å². The number of hydrogen-bond acceptors (Lipinski definition) is 4. The van der Waals surface area contributed by atoms with Crippen LogP contribution in [0.3, 0.4) is 0 Å². The summed E-state index contributed by atoms with van der Waals surface area (Å²) in [7, 11) is -2.56. The Morgan fingerprint density at radius 3 is 2.30 bits per heavy atom. The number of amides is 1. The first-order valence-corrected chi connectivity index (χ1v) is 11.3. The Bertz CT molecular complexity index is 1320. The molecule has 0 spiro atoms. The van der Waals surface area contributed by atoms with E-state index in [9.17, 15) is 31.2 Å². The molecule has 11 heteroatoms. The van der Waals surface area contributed by atoms with E-state index in [0.717, 1.165) is 22.8 Å². The Balaban J connectivity index is 1.89. The molecule has 174 valence electrons. The van der Waals surface area contributed by atoms with Gasteiger partial charge in [-0.1, -0.05) is 41.9 Å². The van der Waals surface area contributed by atoms with Crippen LogP contribution < -0.4 is 10.9 Å². The normalized spacial score (nSPS) is 11.6. The van der Waals surface area contributed by atoms with E-state index < -0.39 is 33.9 Å². The molecule has 0 radical (unpaired) electrons. The fourth-order valence-electron chi connectivity index (χ4n) is 3.16. The maximum absolute atomic E-state index is 13.1. The average molecular weight is 499 g/mol. The smallest absolute Gasteiger partial charge is 0.348 e. The number of hydrogen-bond donors (Lipinski definition) is 2. The summed E-state index contributed by atoms with van der Waals surface area (Å²) in [6.07, 6.45) is -4.61. The third-order valence-electron chi connectivity index (χ3n) is 4.85. The van der Waals surface area contributed by atoms with Gasteiger partial charge in [0.25, 0.3) is 11.5 Å². The summed E-state index contributed by atoms with van der Waals surface area (Å²) in [6, 6.07) is 11.8. The second-order valence-corrected chi connectivity index (χ2v) is 8.56. The number of aromatic nitrogens is 1. The third kappa shape index (κ3) is 5.82. The maximum atomic E-state index is 13.1. The lowest BCUT2D eigenvalue weighted by atomic mass is 10.1. The summed E-state index contributed by atoms with van der Waals surface area (Å²) in [5.74, 6) is -0.854. The van der Waals surface area contributed by atoms with Crippen LogP contribution in [0.5, 0.6) is 0 Å². The largest absolute Gasteiger partial charge is 0.416 e. The Morgan fingerprint density at radius 2 is 1.70 bits per heavy atom. The van der Waals surface area contributed by atoms with Gasteiger partial charge in [-0.15, -0.1) is 0 Å². The molecule has 0 bridgehead atoms. The lowest BCUT2D eigenvalue weighted by Crippen LogP contribution is -2.33. The van der Waals surface area contributed by atoms with E-state index in [0.29, 0.717) is 11.1 Å². The lowest BCUT2D eigenvalue weighted by molar-refractivity contribution is -0.137. The van der Waals surface area contributed by atoms with Crippen molar-refractivity contribution in [1.82, 2.24) is 9.88 Å². The minimum atomic E-state index is -4.61. The van der Waals surface area contributed by atoms with Gasteiger partial charge in [0.2, 0.25) is 0 Å². The molecule has 0 fully saturated rings. The van der Waals surface area contributed by atoms with E-state index in [1.165, 1.54) is 19.1 Å². The number of halogens is 4. The number of nitrogens with zero attached hydrogens (tertiary/aromatic N) is 1. The summed E-state index contributed by atoms with van der Waals surface area (Å²) in [4.78, 5) is 25.7. The summed E-state index contributed by atoms with van der Waals surface area (Å²) in [6.45, 7) is 1.50. The highest BCUT2D eigenvalue weighted by molar-refractivity contribution is 7.71. The molecule has 0 atom stereocenters. The van der Waals surface area contributed by atoms with E-state index in [2.05, 4.69) is 5.32 Å². The molecule has 0 unspecified atom stereocenters. The predicted molar refractivity (Wildman–Crippen MR) is 118 cm³/mol. The van der Waals surface area contributed by atoms with Crippen molar-refractivity contribution in [3.63, 3.8) is 0 Å². The highest BCUT2D eigenvalue weighted by Gasteiger charge is 2.31. The number of pyridine rings is 1. The molecule has 0 saturated carbocycles. The Hall–Kier alpha value is -3.11. The van der Waals surface area contributed by atoms with Gasteiger partial charge >= 0.3 is 6.18 Å². The zero-order valence-electron chi connectivity index (χ0n) is 17.1. The van der Waals surface area contributed by atoms with Crippen molar-refractivity contribution < 1.29 is 26.4 Å². The Labute approximate surface area is 193 Å². The zero-order valence-corrected chi connectivity index (χ0v) is 18.8. The summed E-state index contributed by atoms with van der Waals surface area (Å²) in [5, 5.41) is 2.60. The van der Waals surface area contributed by atoms with Crippen LogP contribution in [0.1, 0.15) is 32.7 Å². The number of thiol groups is 1. The first kappa shape index (κ1) is 24.5. The highest BCUT2D eigenvalue weighted by Crippen LogP contribution is 2.30. The maximum Gasteiger partial charge on any atom is 0.416 e. The first-order valence-electron chi connectivity index (χ1n) is 9.55. The molecule has 0 saturated heterocycles. The van der Waals surface area contributed by atoms with Gasteiger partial charge < -0.3 is 5.32 Å². The highest BCUT2D eigenvalue weighted by atomic mass is 35.5. The van der Waals surface area contributed by atoms with Gasteiger partial charge in [-0.2, -0.15) is 13.2 Å². The van der Waals surface area contributed by atoms with E-state index in [-0.39, 0.29) is 34.3 Å². The summed E-state index contributed by atoms with van der Waals surface area (Å²) < 4.78 is 61.9. The number of benzene rings is 2. The SMILES string of the molecule is Cc1c(Cl)cc(C(=O)NCc2ccc(C[SH](=O)=O)cc2)c(=O)n1-c1cccc(C(F)(F)F)c1. The molecular formula is C22H18ClF3N2O4S. The van der Waals surface area contributed by atoms with Crippen LogP contribution in [0.15, 0.2) is 59.4 Å². The quantitative estimate of drug-likeness (QED) is 0.505. The molecule has 3 aromatic rings. The topological polar surface area (TPSA) is 85.2 Å². The van der Waals surface area contributed by atoms with E-state index >= 15 is 0 Å². The average Bonchev–Trinajstić information content (AvgIpc) is 2.75. The van der Waals surface area contributed by atoms with Gasteiger partial charge in [0.1, 0.15) is 16.3 Å². The zero-order chi connectivity index (χ0) is 24.3.